The van der Waals surface area contributed by atoms with Crippen molar-refractivity contribution in [2.24, 2.45) is 5.92 Å². The molecular weight excluding hydrogens is 290 g/mol. The van der Waals surface area contributed by atoms with Gasteiger partial charge in [0.25, 0.3) is 0 Å². The molecule has 4 heteroatoms. The minimum absolute atomic E-state index is 0.170. The Bertz CT molecular complexity index is 578. The van der Waals surface area contributed by atoms with Crippen LogP contribution in [0.4, 0.5) is 0 Å². The number of benzene rings is 1. The first kappa shape index (κ1) is 13.8. The Balaban J connectivity index is 1.89. The molecule has 0 radical (unpaired) electrons. The fourth-order valence-corrected chi connectivity index (χ4v) is 8.97. The van der Waals surface area contributed by atoms with Crippen molar-refractivity contribution in [3.63, 3.8) is 0 Å². The molecule has 2 aromatic rings. The smallest absolute Gasteiger partial charge is 0.0967 e. The van der Waals surface area contributed by atoms with Gasteiger partial charge in [-0.1, -0.05) is 53.6 Å². The van der Waals surface area contributed by atoms with Crippen LogP contribution in [-0.2, 0) is 4.08 Å². The summed E-state index contributed by atoms with van der Waals surface area (Å²) in [6.45, 7) is 6.99. The summed E-state index contributed by atoms with van der Waals surface area (Å²) >= 11 is 2.12. The van der Waals surface area contributed by atoms with Gasteiger partial charge in [0.05, 0.1) is 8.66 Å². The lowest BCUT2D eigenvalue weighted by atomic mass is 10.1. The predicted octanol–water partition coefficient (Wildman–Crippen LogP) is 5.84. The van der Waals surface area contributed by atoms with Crippen LogP contribution in [0.3, 0.4) is 0 Å². The van der Waals surface area contributed by atoms with Gasteiger partial charge in [-0.15, -0.1) is 11.8 Å². The van der Waals surface area contributed by atoms with Crippen LogP contribution in [0, 0.1) is 5.92 Å². The van der Waals surface area contributed by atoms with Crippen molar-refractivity contribution in [1.29, 1.82) is 0 Å². The average molecular weight is 310 g/mol. The van der Waals surface area contributed by atoms with Crippen LogP contribution >= 0.6 is 33.3 Å². The van der Waals surface area contributed by atoms with Gasteiger partial charge in [0.1, 0.15) is 0 Å². The molecule has 3 rings (SSSR count). The highest BCUT2D eigenvalue weighted by Crippen LogP contribution is 2.65. The van der Waals surface area contributed by atoms with Crippen molar-refractivity contribution < 1.29 is 0 Å². The van der Waals surface area contributed by atoms with Gasteiger partial charge in [0, 0.05) is 22.7 Å². The largest absolute Gasteiger partial charge is 0.361 e. The zero-order valence-electron chi connectivity index (χ0n) is 11.5. The molecule has 0 amide bonds. The Kier molecular flexibility index (Phi) is 3.84. The predicted molar refractivity (Wildman–Crippen MR) is 91.7 cm³/mol. The van der Waals surface area contributed by atoms with Gasteiger partial charge in [-0.3, -0.25) is 0 Å². The maximum Gasteiger partial charge on any atom is 0.0967 e. The van der Waals surface area contributed by atoms with Crippen LogP contribution in [0.5, 0.6) is 0 Å². The van der Waals surface area contributed by atoms with E-state index in [9.17, 15) is 0 Å². The molecule has 19 heavy (non-hydrogen) atoms. The van der Waals surface area contributed by atoms with E-state index in [-0.39, 0.29) is 4.08 Å². The molecule has 1 aliphatic heterocycles. The normalized spacial score (nSPS) is 27.5. The molecule has 0 bridgehead atoms. The molecule has 1 aromatic carbocycles. The highest BCUT2D eigenvalue weighted by molar-refractivity contribution is 8.83. The zero-order valence-corrected chi connectivity index (χ0v) is 13.9. The maximum absolute atomic E-state index is 3.41. The van der Waals surface area contributed by atoms with Gasteiger partial charge >= 0.3 is 0 Å². The van der Waals surface area contributed by atoms with Crippen LogP contribution in [0.2, 0.25) is 0 Å². The summed E-state index contributed by atoms with van der Waals surface area (Å²) in [5.74, 6) is 0.774. The number of hydrogen-bond acceptors (Lipinski definition) is 3. The Labute approximate surface area is 127 Å². The second kappa shape index (κ2) is 5.30. The summed E-state index contributed by atoms with van der Waals surface area (Å²) in [6.07, 6.45) is 3.49. The fourth-order valence-electron chi connectivity index (χ4n) is 2.46. The lowest BCUT2D eigenvalue weighted by Gasteiger charge is -2.21. The lowest BCUT2D eigenvalue weighted by Crippen LogP contribution is -2.09. The van der Waals surface area contributed by atoms with E-state index in [2.05, 4.69) is 78.8 Å². The Morgan fingerprint density at radius 3 is 2.89 bits per heavy atom. The molecule has 0 aliphatic carbocycles. The third kappa shape index (κ3) is 2.67. The summed E-state index contributed by atoms with van der Waals surface area (Å²) < 4.78 is 0.882. The molecule has 2 heterocycles. The first-order valence-electron chi connectivity index (χ1n) is 6.67. The summed E-state index contributed by atoms with van der Waals surface area (Å²) in [6, 6.07) is 8.61. The van der Waals surface area contributed by atoms with Gasteiger partial charge in [-0.2, -0.15) is 0 Å². The monoisotopic (exact) mass is 309 g/mol. The zero-order chi connectivity index (χ0) is 13.5. The van der Waals surface area contributed by atoms with Gasteiger partial charge in [0.15, 0.2) is 0 Å². The van der Waals surface area contributed by atoms with Crippen molar-refractivity contribution in [2.45, 2.75) is 35.9 Å². The van der Waals surface area contributed by atoms with Gasteiger partial charge in [-0.25, -0.2) is 0 Å². The highest BCUT2D eigenvalue weighted by Gasteiger charge is 2.40. The number of aromatic nitrogens is 1. The topological polar surface area (TPSA) is 15.8 Å². The summed E-state index contributed by atoms with van der Waals surface area (Å²) in [7, 11) is 4.08. The van der Waals surface area contributed by atoms with Crippen molar-refractivity contribution in [3.05, 3.63) is 36.0 Å². The van der Waals surface area contributed by atoms with Crippen molar-refractivity contribution >= 4 is 44.3 Å². The number of thioether (sulfide) groups is 1. The van der Waals surface area contributed by atoms with Gasteiger partial charge in [-0.05, 0) is 25.3 Å². The molecule has 0 saturated carbocycles. The number of fused-ring (bicyclic) bond motifs is 1. The number of hydrogen-bond donors (Lipinski definition) is 1. The van der Waals surface area contributed by atoms with E-state index < -0.39 is 0 Å². The third-order valence-corrected chi connectivity index (χ3v) is 9.36. The van der Waals surface area contributed by atoms with Gasteiger partial charge in [0.2, 0.25) is 0 Å². The molecule has 1 aliphatic rings. The van der Waals surface area contributed by atoms with Gasteiger partial charge < -0.3 is 4.98 Å². The number of rotatable bonds is 3. The highest BCUT2D eigenvalue weighted by atomic mass is 33.1. The molecule has 0 unspecified atom stereocenters. The maximum atomic E-state index is 3.41. The van der Waals surface area contributed by atoms with Crippen LogP contribution in [-0.4, -0.2) is 9.57 Å². The van der Waals surface area contributed by atoms with Crippen LogP contribution in [0.1, 0.15) is 32.8 Å². The van der Waals surface area contributed by atoms with Crippen LogP contribution in [0.25, 0.3) is 10.9 Å². The number of aromatic amines is 1. The average Bonchev–Trinajstić information content (AvgIpc) is 2.93. The van der Waals surface area contributed by atoms with Crippen LogP contribution in [0.15, 0.2) is 30.5 Å². The Hall–Kier alpha value is -0.190. The van der Waals surface area contributed by atoms with E-state index >= 15 is 0 Å². The third-order valence-electron chi connectivity index (χ3n) is 3.41. The van der Waals surface area contributed by atoms with Crippen molar-refractivity contribution in [2.75, 3.05) is 0 Å². The Morgan fingerprint density at radius 2 is 2.11 bits per heavy atom. The Morgan fingerprint density at radius 1 is 1.32 bits per heavy atom. The van der Waals surface area contributed by atoms with Crippen molar-refractivity contribution in [3.8, 4) is 0 Å². The first-order valence-corrected chi connectivity index (χ1v) is 9.76. The molecule has 1 fully saturated rings. The summed E-state index contributed by atoms with van der Waals surface area (Å²) in [5.41, 5.74) is 2.69. The molecule has 2 atom stereocenters. The summed E-state index contributed by atoms with van der Waals surface area (Å²) in [5, 5.41) is 1.37. The fraction of sp³-hybridized carbons (Fsp3) is 0.467. The van der Waals surface area contributed by atoms with E-state index in [1.165, 1.54) is 22.9 Å². The second-order valence-corrected chi connectivity index (χ2v) is 10.6. The number of para-hydroxylation sites is 1. The molecule has 1 nitrogen and oxygen atoms in total. The van der Waals surface area contributed by atoms with E-state index in [1.54, 1.807) is 0 Å². The minimum Gasteiger partial charge on any atom is -0.361 e. The van der Waals surface area contributed by atoms with Crippen LogP contribution < -0.4 is 0 Å². The first-order chi connectivity index (χ1) is 9.08. The standard InChI is InChI=1S/C15H19NS3/c1-10(2)8-14-17-15(3,19-18-14)12-9-16-13-7-5-4-6-11(12)13/h4-7,9-10,14,16H,8H2,1-3H3/t14-,15-/m0/s1. The van der Waals surface area contributed by atoms with E-state index in [4.69, 9.17) is 0 Å². The van der Waals surface area contributed by atoms with Crippen molar-refractivity contribution in [1.82, 2.24) is 4.98 Å². The second-order valence-electron chi connectivity index (χ2n) is 5.55. The SMILES string of the molecule is CC(C)C[C@@H]1SS[C@@](C)(c2c[nH]c3ccccc23)S1. The molecule has 0 spiro atoms. The van der Waals surface area contributed by atoms with E-state index in [0.717, 1.165) is 5.92 Å². The van der Waals surface area contributed by atoms with E-state index in [0.29, 0.717) is 4.58 Å². The molecule has 1 saturated heterocycles. The minimum atomic E-state index is 0.170. The quantitative estimate of drug-likeness (QED) is 0.717. The number of H-pyrrole nitrogens is 1. The molecular formula is C15H19NS3. The molecule has 102 valence electrons. The molecule has 1 N–H and O–H groups in total. The van der Waals surface area contributed by atoms with E-state index in [1.807, 2.05) is 10.8 Å². The summed E-state index contributed by atoms with van der Waals surface area (Å²) in [4.78, 5) is 3.41. The number of nitrogens with one attached hydrogen (secondary N) is 1. The lowest BCUT2D eigenvalue weighted by molar-refractivity contribution is 0.620. The molecule has 1 aromatic heterocycles.